The first-order chi connectivity index (χ1) is 4.72. The lowest BCUT2D eigenvalue weighted by atomic mass is 9.77. The van der Waals surface area contributed by atoms with Crippen molar-refractivity contribution in [1.29, 1.82) is 0 Å². The van der Waals surface area contributed by atoms with Gasteiger partial charge in [-0.3, -0.25) is 0 Å². The number of hydrogen-bond acceptors (Lipinski definition) is 0. The summed E-state index contributed by atoms with van der Waals surface area (Å²) < 4.78 is 0. The minimum absolute atomic E-state index is 0.568. The zero-order valence-corrected chi connectivity index (χ0v) is 6.93. The summed E-state index contributed by atoms with van der Waals surface area (Å²) in [6.45, 7) is 4.61. The Kier molecular flexibility index (Phi) is 2.38. The summed E-state index contributed by atoms with van der Waals surface area (Å²) in [5, 5.41) is 0. The maximum atomic E-state index is 5.38. The van der Waals surface area contributed by atoms with Crippen LogP contribution in [0.3, 0.4) is 0 Å². The molecule has 0 nitrogen and oxygen atoms in total. The first-order valence-corrected chi connectivity index (χ1v) is 4.18. The van der Waals surface area contributed by atoms with Crippen LogP contribution in [0, 0.1) is 30.1 Å². The molecule has 0 aromatic rings. The SMILES string of the molecule is C#CC1CC(C)CC(C)C1. The summed E-state index contributed by atoms with van der Waals surface area (Å²) in [5.74, 6) is 5.14. The summed E-state index contributed by atoms with van der Waals surface area (Å²) in [6, 6.07) is 0. The highest BCUT2D eigenvalue weighted by Gasteiger charge is 2.21. The quantitative estimate of drug-likeness (QED) is 0.449. The highest BCUT2D eigenvalue weighted by atomic mass is 14.3. The highest BCUT2D eigenvalue weighted by Crippen LogP contribution is 2.31. The Morgan fingerprint density at radius 3 is 2.00 bits per heavy atom. The van der Waals surface area contributed by atoms with Crippen molar-refractivity contribution in [2.75, 3.05) is 0 Å². The molecule has 0 bridgehead atoms. The van der Waals surface area contributed by atoms with Gasteiger partial charge in [0.2, 0.25) is 0 Å². The second-order valence-corrected chi connectivity index (χ2v) is 3.78. The Labute approximate surface area is 64.0 Å². The zero-order valence-electron chi connectivity index (χ0n) is 6.93. The van der Waals surface area contributed by atoms with E-state index in [9.17, 15) is 0 Å². The lowest BCUT2D eigenvalue weighted by molar-refractivity contribution is 0.258. The molecule has 1 aliphatic rings. The van der Waals surface area contributed by atoms with Crippen LogP contribution in [0.25, 0.3) is 0 Å². The molecule has 2 unspecified atom stereocenters. The van der Waals surface area contributed by atoms with E-state index in [1.807, 2.05) is 0 Å². The van der Waals surface area contributed by atoms with E-state index in [1.54, 1.807) is 0 Å². The van der Waals surface area contributed by atoms with Gasteiger partial charge in [0, 0.05) is 5.92 Å². The van der Waals surface area contributed by atoms with Gasteiger partial charge in [0.25, 0.3) is 0 Å². The second-order valence-electron chi connectivity index (χ2n) is 3.78. The van der Waals surface area contributed by atoms with Crippen molar-refractivity contribution >= 4 is 0 Å². The summed E-state index contributed by atoms with van der Waals surface area (Å²) >= 11 is 0. The molecular formula is C10H16. The van der Waals surface area contributed by atoms with Crippen molar-refractivity contribution in [1.82, 2.24) is 0 Å². The molecule has 2 atom stereocenters. The maximum Gasteiger partial charge on any atom is 0.0205 e. The minimum Gasteiger partial charge on any atom is -0.120 e. The van der Waals surface area contributed by atoms with Gasteiger partial charge >= 0.3 is 0 Å². The molecule has 0 N–H and O–H groups in total. The fraction of sp³-hybridized carbons (Fsp3) is 0.800. The third-order valence-electron chi connectivity index (χ3n) is 2.41. The van der Waals surface area contributed by atoms with Crippen LogP contribution in [-0.2, 0) is 0 Å². The predicted molar refractivity (Wildman–Crippen MR) is 44.5 cm³/mol. The van der Waals surface area contributed by atoms with Gasteiger partial charge in [-0.2, -0.15) is 0 Å². The molecule has 0 radical (unpaired) electrons. The van der Waals surface area contributed by atoms with Crippen molar-refractivity contribution in [3.8, 4) is 12.3 Å². The molecule has 0 heterocycles. The van der Waals surface area contributed by atoms with Crippen LogP contribution in [0.4, 0.5) is 0 Å². The van der Waals surface area contributed by atoms with E-state index in [-0.39, 0.29) is 0 Å². The standard InChI is InChI=1S/C10H16/c1-4-10-6-8(2)5-9(3)7-10/h1,8-10H,5-7H2,2-3H3. The summed E-state index contributed by atoms with van der Waals surface area (Å²) in [4.78, 5) is 0. The maximum absolute atomic E-state index is 5.38. The van der Waals surface area contributed by atoms with Crippen molar-refractivity contribution in [3.63, 3.8) is 0 Å². The van der Waals surface area contributed by atoms with Gasteiger partial charge in [-0.05, 0) is 31.1 Å². The Morgan fingerprint density at radius 2 is 1.60 bits per heavy atom. The van der Waals surface area contributed by atoms with Gasteiger partial charge in [-0.15, -0.1) is 12.3 Å². The van der Waals surface area contributed by atoms with Crippen molar-refractivity contribution < 1.29 is 0 Å². The molecule has 10 heavy (non-hydrogen) atoms. The van der Waals surface area contributed by atoms with Crippen molar-refractivity contribution in [3.05, 3.63) is 0 Å². The number of hydrogen-bond donors (Lipinski definition) is 0. The van der Waals surface area contributed by atoms with Gasteiger partial charge < -0.3 is 0 Å². The second kappa shape index (κ2) is 3.10. The van der Waals surface area contributed by atoms with Crippen LogP contribution < -0.4 is 0 Å². The summed E-state index contributed by atoms with van der Waals surface area (Å²) in [7, 11) is 0. The Hall–Kier alpha value is -0.440. The molecule has 0 saturated heterocycles. The third kappa shape index (κ3) is 1.77. The van der Waals surface area contributed by atoms with Crippen LogP contribution in [0.2, 0.25) is 0 Å². The molecule has 0 amide bonds. The molecule has 1 rings (SSSR count). The molecule has 0 spiro atoms. The molecule has 56 valence electrons. The largest absolute Gasteiger partial charge is 0.120 e. The van der Waals surface area contributed by atoms with Gasteiger partial charge in [-0.1, -0.05) is 13.8 Å². The Bertz CT molecular complexity index is 131. The average Bonchev–Trinajstić information content (AvgIpc) is 1.85. The van der Waals surface area contributed by atoms with E-state index >= 15 is 0 Å². The lowest BCUT2D eigenvalue weighted by Gasteiger charge is -2.28. The zero-order chi connectivity index (χ0) is 7.56. The van der Waals surface area contributed by atoms with Crippen LogP contribution in [0.1, 0.15) is 33.1 Å². The third-order valence-corrected chi connectivity index (χ3v) is 2.41. The van der Waals surface area contributed by atoms with Gasteiger partial charge in [0.15, 0.2) is 0 Å². The molecular weight excluding hydrogens is 120 g/mol. The fourth-order valence-corrected chi connectivity index (χ4v) is 2.08. The number of rotatable bonds is 0. The molecule has 0 aromatic heterocycles. The summed E-state index contributed by atoms with van der Waals surface area (Å²) in [5.41, 5.74) is 0. The fourth-order valence-electron chi connectivity index (χ4n) is 2.08. The van der Waals surface area contributed by atoms with E-state index in [1.165, 1.54) is 19.3 Å². The molecule has 0 aliphatic heterocycles. The van der Waals surface area contributed by atoms with E-state index in [0.717, 1.165) is 11.8 Å². The van der Waals surface area contributed by atoms with Crippen LogP contribution in [-0.4, -0.2) is 0 Å². The smallest absolute Gasteiger partial charge is 0.0205 e. The first kappa shape index (κ1) is 7.66. The van der Waals surface area contributed by atoms with Gasteiger partial charge in [-0.25, -0.2) is 0 Å². The van der Waals surface area contributed by atoms with Gasteiger partial charge in [0.1, 0.15) is 0 Å². The van der Waals surface area contributed by atoms with E-state index in [0.29, 0.717) is 5.92 Å². The summed E-state index contributed by atoms with van der Waals surface area (Å²) in [6.07, 6.45) is 9.25. The Balaban J connectivity index is 2.44. The van der Waals surface area contributed by atoms with E-state index in [2.05, 4.69) is 19.8 Å². The Morgan fingerprint density at radius 1 is 1.10 bits per heavy atom. The molecule has 1 aliphatic carbocycles. The van der Waals surface area contributed by atoms with Gasteiger partial charge in [0.05, 0.1) is 0 Å². The molecule has 1 fully saturated rings. The van der Waals surface area contributed by atoms with E-state index < -0.39 is 0 Å². The monoisotopic (exact) mass is 136 g/mol. The van der Waals surface area contributed by atoms with Crippen molar-refractivity contribution in [2.24, 2.45) is 17.8 Å². The minimum atomic E-state index is 0.568. The van der Waals surface area contributed by atoms with Crippen LogP contribution >= 0.6 is 0 Å². The molecule has 1 saturated carbocycles. The highest BCUT2D eigenvalue weighted by molar-refractivity contribution is 4.96. The van der Waals surface area contributed by atoms with Crippen molar-refractivity contribution in [2.45, 2.75) is 33.1 Å². The molecule has 0 heteroatoms. The normalized spacial score (nSPS) is 40.7. The number of terminal acetylenes is 1. The van der Waals surface area contributed by atoms with Crippen LogP contribution in [0.15, 0.2) is 0 Å². The van der Waals surface area contributed by atoms with E-state index in [4.69, 9.17) is 6.42 Å². The average molecular weight is 136 g/mol. The molecule has 0 aromatic carbocycles. The predicted octanol–water partition coefficient (Wildman–Crippen LogP) is 2.69. The topological polar surface area (TPSA) is 0 Å². The first-order valence-electron chi connectivity index (χ1n) is 4.18. The lowest BCUT2D eigenvalue weighted by Crippen LogP contribution is -2.18. The van der Waals surface area contributed by atoms with Crippen LogP contribution in [0.5, 0.6) is 0 Å².